The van der Waals surface area contributed by atoms with E-state index in [2.05, 4.69) is 5.32 Å². The van der Waals surface area contributed by atoms with Crippen molar-refractivity contribution >= 4 is 31.5 Å². The van der Waals surface area contributed by atoms with Gasteiger partial charge in [0.05, 0.1) is 22.9 Å². The summed E-state index contributed by atoms with van der Waals surface area (Å²) in [4.78, 5) is 12.8. The zero-order chi connectivity index (χ0) is 22.0. The number of aryl methyl sites for hydroxylation is 1. The number of hydrogen-bond donors (Lipinski definition) is 1. The molecule has 2 rings (SSSR count). The van der Waals surface area contributed by atoms with Gasteiger partial charge >= 0.3 is 0 Å². The van der Waals surface area contributed by atoms with E-state index in [1.54, 1.807) is 31.2 Å². The molecular formula is C20H26N2O5S2. The summed E-state index contributed by atoms with van der Waals surface area (Å²) < 4.78 is 48.8. The van der Waals surface area contributed by atoms with Gasteiger partial charge in [0.25, 0.3) is 0 Å². The van der Waals surface area contributed by atoms with Crippen LogP contribution in [0.25, 0.3) is 0 Å². The first kappa shape index (κ1) is 22.9. The maximum Gasteiger partial charge on any atom is 0.241 e. The van der Waals surface area contributed by atoms with Crippen molar-refractivity contribution in [3.8, 4) is 0 Å². The van der Waals surface area contributed by atoms with Crippen LogP contribution in [0.2, 0.25) is 0 Å². The summed E-state index contributed by atoms with van der Waals surface area (Å²) in [5.41, 5.74) is 2.89. The molecule has 1 amide bonds. The van der Waals surface area contributed by atoms with E-state index in [-0.39, 0.29) is 11.4 Å². The summed E-state index contributed by atoms with van der Waals surface area (Å²) in [6.07, 6.45) is 2.19. The zero-order valence-corrected chi connectivity index (χ0v) is 18.8. The lowest BCUT2D eigenvalue weighted by Gasteiger charge is -2.25. The first-order chi connectivity index (χ1) is 13.3. The molecule has 1 N–H and O–H groups in total. The molecule has 2 aromatic carbocycles. The Hall–Kier alpha value is -2.39. The minimum atomic E-state index is -3.67. The van der Waals surface area contributed by atoms with Gasteiger partial charge in [0.2, 0.25) is 15.9 Å². The average Bonchev–Trinajstić information content (AvgIpc) is 2.61. The van der Waals surface area contributed by atoms with Gasteiger partial charge in [0.15, 0.2) is 9.84 Å². The third-order valence-corrected chi connectivity index (χ3v) is 6.97. The summed E-state index contributed by atoms with van der Waals surface area (Å²) in [5.74, 6) is -0.462. The number of carbonyl (C=O) groups is 1. The van der Waals surface area contributed by atoms with Gasteiger partial charge in [-0.1, -0.05) is 24.3 Å². The highest BCUT2D eigenvalue weighted by atomic mass is 32.2. The lowest BCUT2D eigenvalue weighted by Crippen LogP contribution is -2.41. The van der Waals surface area contributed by atoms with Crippen molar-refractivity contribution < 1.29 is 21.6 Å². The van der Waals surface area contributed by atoms with E-state index in [0.29, 0.717) is 11.3 Å². The summed E-state index contributed by atoms with van der Waals surface area (Å²) in [7, 11) is -6.97. The number of nitrogens with zero attached hydrogens (tertiary/aromatic N) is 1. The second-order valence-corrected chi connectivity index (χ2v) is 11.0. The van der Waals surface area contributed by atoms with Crippen LogP contribution in [0.15, 0.2) is 47.4 Å². The van der Waals surface area contributed by atoms with Gasteiger partial charge in [-0.2, -0.15) is 0 Å². The fourth-order valence-corrected chi connectivity index (χ4v) is 4.43. The zero-order valence-electron chi connectivity index (χ0n) is 17.1. The van der Waals surface area contributed by atoms with Crippen LogP contribution in [-0.4, -0.2) is 41.8 Å². The maximum absolute atomic E-state index is 12.6. The SMILES string of the molecule is Cc1cccc(N(CC(=O)N[C@H](C)c2ccc(S(C)(=O)=O)cc2)S(C)(=O)=O)c1C. The Morgan fingerprint density at radius 2 is 1.59 bits per heavy atom. The van der Waals surface area contributed by atoms with Gasteiger partial charge in [-0.25, -0.2) is 16.8 Å². The maximum atomic E-state index is 12.6. The van der Waals surface area contributed by atoms with Crippen LogP contribution in [0, 0.1) is 13.8 Å². The van der Waals surface area contributed by atoms with Crippen molar-refractivity contribution in [2.75, 3.05) is 23.4 Å². The van der Waals surface area contributed by atoms with Gasteiger partial charge in [-0.3, -0.25) is 9.10 Å². The second kappa shape index (κ2) is 8.54. The largest absolute Gasteiger partial charge is 0.348 e. The van der Waals surface area contributed by atoms with E-state index >= 15 is 0 Å². The monoisotopic (exact) mass is 438 g/mol. The molecule has 0 aliphatic rings. The average molecular weight is 439 g/mol. The summed E-state index contributed by atoms with van der Waals surface area (Å²) >= 11 is 0. The molecule has 1 atom stereocenters. The Morgan fingerprint density at radius 3 is 2.10 bits per heavy atom. The first-order valence-electron chi connectivity index (χ1n) is 8.94. The van der Waals surface area contributed by atoms with E-state index < -0.39 is 31.8 Å². The first-order valence-corrected chi connectivity index (χ1v) is 12.7. The third-order valence-electron chi connectivity index (χ3n) is 4.72. The molecule has 0 aliphatic heterocycles. The van der Waals surface area contributed by atoms with Crippen molar-refractivity contribution in [1.82, 2.24) is 5.32 Å². The van der Waals surface area contributed by atoms with E-state index in [1.165, 1.54) is 12.1 Å². The third kappa shape index (κ3) is 5.80. The summed E-state index contributed by atoms with van der Waals surface area (Å²) in [5, 5.41) is 2.77. The number of anilines is 1. The lowest BCUT2D eigenvalue weighted by atomic mass is 10.1. The van der Waals surface area contributed by atoms with Crippen molar-refractivity contribution in [3.63, 3.8) is 0 Å². The Kier molecular flexibility index (Phi) is 6.74. The molecule has 0 aliphatic carbocycles. The summed E-state index contributed by atoms with van der Waals surface area (Å²) in [6.45, 7) is 5.08. The van der Waals surface area contributed by atoms with Crippen molar-refractivity contribution in [2.45, 2.75) is 31.7 Å². The van der Waals surface area contributed by atoms with Crippen LogP contribution in [0.5, 0.6) is 0 Å². The van der Waals surface area contributed by atoms with Gasteiger partial charge in [-0.15, -0.1) is 0 Å². The van der Waals surface area contributed by atoms with E-state index in [9.17, 15) is 21.6 Å². The molecule has 0 radical (unpaired) electrons. The van der Waals surface area contributed by atoms with Gasteiger partial charge < -0.3 is 5.32 Å². The molecule has 29 heavy (non-hydrogen) atoms. The quantitative estimate of drug-likeness (QED) is 0.715. The fourth-order valence-electron chi connectivity index (χ4n) is 2.89. The van der Waals surface area contributed by atoms with Crippen LogP contribution >= 0.6 is 0 Å². The van der Waals surface area contributed by atoms with Crippen molar-refractivity contribution in [3.05, 3.63) is 59.2 Å². The van der Waals surface area contributed by atoms with Crippen LogP contribution in [0.3, 0.4) is 0 Å². The minimum absolute atomic E-state index is 0.193. The molecule has 158 valence electrons. The fraction of sp³-hybridized carbons (Fsp3) is 0.350. The number of amides is 1. The highest BCUT2D eigenvalue weighted by Gasteiger charge is 2.23. The standard InChI is InChI=1S/C20H26N2O5S2/c1-14-7-6-8-19(15(14)2)22(29(5,26)27)13-20(23)21-16(3)17-9-11-18(12-10-17)28(4,24)25/h6-12,16H,13H2,1-5H3,(H,21,23)/t16-/m1/s1. The molecule has 0 heterocycles. The number of benzene rings is 2. The highest BCUT2D eigenvalue weighted by Crippen LogP contribution is 2.25. The normalized spacial score (nSPS) is 13.0. The topological polar surface area (TPSA) is 101 Å². The molecule has 7 nitrogen and oxygen atoms in total. The van der Waals surface area contributed by atoms with Crippen LogP contribution in [-0.2, 0) is 24.7 Å². The second-order valence-electron chi connectivity index (χ2n) is 7.12. The number of hydrogen-bond acceptors (Lipinski definition) is 5. The van der Waals surface area contributed by atoms with Crippen molar-refractivity contribution in [1.29, 1.82) is 0 Å². The highest BCUT2D eigenvalue weighted by molar-refractivity contribution is 7.92. The molecular weight excluding hydrogens is 412 g/mol. The van der Waals surface area contributed by atoms with E-state index in [1.807, 2.05) is 19.9 Å². The lowest BCUT2D eigenvalue weighted by molar-refractivity contribution is -0.120. The Labute approximate surface area is 172 Å². The molecule has 0 saturated carbocycles. The molecule has 0 fully saturated rings. The molecule has 0 saturated heterocycles. The molecule has 0 spiro atoms. The summed E-state index contributed by atoms with van der Waals surface area (Å²) in [6, 6.07) is 11.1. The van der Waals surface area contributed by atoms with Crippen molar-refractivity contribution in [2.24, 2.45) is 0 Å². The number of rotatable bonds is 7. The number of carbonyl (C=O) groups excluding carboxylic acids is 1. The van der Waals surface area contributed by atoms with Crippen LogP contribution in [0.1, 0.15) is 29.7 Å². The molecule has 9 heteroatoms. The number of nitrogens with one attached hydrogen (secondary N) is 1. The predicted molar refractivity (Wildman–Crippen MR) is 114 cm³/mol. The number of sulfonamides is 1. The Bertz CT molecular complexity index is 1110. The van der Waals surface area contributed by atoms with Crippen LogP contribution < -0.4 is 9.62 Å². The molecule has 0 aromatic heterocycles. The Balaban J connectivity index is 2.19. The van der Waals surface area contributed by atoms with Gasteiger partial charge in [0, 0.05) is 6.26 Å². The van der Waals surface area contributed by atoms with E-state index in [0.717, 1.165) is 27.9 Å². The predicted octanol–water partition coefficient (Wildman–Crippen LogP) is 2.35. The Morgan fingerprint density at radius 1 is 1.00 bits per heavy atom. The molecule has 0 bridgehead atoms. The van der Waals surface area contributed by atoms with Crippen LogP contribution in [0.4, 0.5) is 5.69 Å². The molecule has 2 aromatic rings. The van der Waals surface area contributed by atoms with Gasteiger partial charge in [-0.05, 0) is 55.7 Å². The van der Waals surface area contributed by atoms with Gasteiger partial charge in [0.1, 0.15) is 6.54 Å². The van der Waals surface area contributed by atoms with E-state index in [4.69, 9.17) is 0 Å². The minimum Gasteiger partial charge on any atom is -0.348 e. The smallest absolute Gasteiger partial charge is 0.241 e. The number of sulfone groups is 1. The molecule has 0 unspecified atom stereocenters.